The van der Waals surface area contributed by atoms with E-state index in [0.29, 0.717) is 18.7 Å². The third-order valence-electron chi connectivity index (χ3n) is 7.37. The third-order valence-corrected chi connectivity index (χ3v) is 9.16. The van der Waals surface area contributed by atoms with Crippen LogP contribution in [0.3, 0.4) is 0 Å². The van der Waals surface area contributed by atoms with Crippen molar-refractivity contribution in [3.05, 3.63) is 126 Å². The van der Waals surface area contributed by atoms with E-state index < -0.39 is 40.2 Å². The van der Waals surface area contributed by atoms with Crippen LogP contribution in [-0.2, 0) is 32.6 Å². The summed E-state index contributed by atoms with van der Waals surface area (Å²) in [5.74, 6) is -1.11. The average molecular weight is 632 g/mol. The van der Waals surface area contributed by atoms with Crippen molar-refractivity contribution in [1.29, 1.82) is 0 Å². The van der Waals surface area contributed by atoms with E-state index in [-0.39, 0.29) is 29.1 Å². The van der Waals surface area contributed by atoms with Gasteiger partial charge in [0.25, 0.3) is 10.0 Å². The zero-order valence-corrected chi connectivity index (χ0v) is 26.5. The van der Waals surface area contributed by atoms with Gasteiger partial charge in [0, 0.05) is 25.1 Å². The van der Waals surface area contributed by atoms with Crippen molar-refractivity contribution in [2.24, 2.45) is 0 Å². The van der Waals surface area contributed by atoms with E-state index >= 15 is 0 Å². The normalized spacial score (nSPS) is 11.8. The summed E-state index contributed by atoms with van der Waals surface area (Å²) < 4.78 is 49.4. The number of carbonyl (C=O) groups is 2. The van der Waals surface area contributed by atoms with E-state index in [1.165, 1.54) is 30.2 Å². The summed E-state index contributed by atoms with van der Waals surface area (Å²) in [7, 11) is -2.75. The number of methoxy groups -OCH3 is 1. The Hall–Kier alpha value is -4.70. The maximum atomic E-state index is 15.0. The standard InChI is InChI=1S/C35H38FN3O5S/c1-4-22-37-35(41)33(23-27-10-6-5-7-11-27)38(24-28-12-8-9-13-32(28)36)34(40)25-39(29-16-18-30(44-3)19-17-29)45(42,43)31-20-14-26(2)15-21-31/h5-21,33H,4,22-25H2,1-3H3,(H,37,41). The van der Waals surface area contributed by atoms with Gasteiger partial charge in [-0.05, 0) is 61.4 Å². The second-order valence-electron chi connectivity index (χ2n) is 10.6. The Morgan fingerprint density at radius 1 is 0.889 bits per heavy atom. The minimum atomic E-state index is -4.25. The molecule has 1 atom stereocenters. The fraction of sp³-hybridized carbons (Fsp3) is 0.257. The second kappa shape index (κ2) is 15.3. The SMILES string of the molecule is CCCNC(=O)C(Cc1ccccc1)N(Cc1ccccc1F)C(=O)CN(c1ccc(OC)cc1)S(=O)(=O)c1ccc(C)cc1. The molecular weight excluding hydrogens is 593 g/mol. The number of sulfonamides is 1. The van der Waals surface area contributed by atoms with Crippen LogP contribution in [0, 0.1) is 12.7 Å². The molecule has 4 aromatic carbocycles. The lowest BCUT2D eigenvalue weighted by molar-refractivity contribution is -0.140. The molecule has 8 nitrogen and oxygen atoms in total. The largest absolute Gasteiger partial charge is 0.497 e. The maximum absolute atomic E-state index is 15.0. The first-order valence-electron chi connectivity index (χ1n) is 14.7. The molecule has 1 unspecified atom stereocenters. The lowest BCUT2D eigenvalue weighted by atomic mass is 10.0. The highest BCUT2D eigenvalue weighted by Crippen LogP contribution is 2.27. The highest BCUT2D eigenvalue weighted by molar-refractivity contribution is 7.92. The number of nitrogens with zero attached hydrogens (tertiary/aromatic N) is 2. The Bertz CT molecular complexity index is 1680. The van der Waals surface area contributed by atoms with Crippen molar-refractivity contribution in [2.45, 2.75) is 44.2 Å². The molecule has 45 heavy (non-hydrogen) atoms. The molecule has 0 aliphatic rings. The van der Waals surface area contributed by atoms with Crippen molar-refractivity contribution >= 4 is 27.5 Å². The van der Waals surface area contributed by atoms with Crippen LogP contribution >= 0.6 is 0 Å². The topological polar surface area (TPSA) is 96.0 Å². The van der Waals surface area contributed by atoms with Crippen LogP contribution in [0.5, 0.6) is 5.75 Å². The van der Waals surface area contributed by atoms with Crippen LogP contribution in [0.1, 0.15) is 30.0 Å². The number of amides is 2. The summed E-state index contributed by atoms with van der Waals surface area (Å²) in [6.45, 7) is 3.26. The van der Waals surface area contributed by atoms with Crippen LogP contribution in [0.2, 0.25) is 0 Å². The summed E-state index contributed by atoms with van der Waals surface area (Å²) in [4.78, 5) is 29.3. The summed E-state index contributed by atoms with van der Waals surface area (Å²) in [5.41, 5.74) is 2.09. The van der Waals surface area contributed by atoms with E-state index in [0.717, 1.165) is 15.4 Å². The Balaban J connectivity index is 1.80. The molecule has 2 amide bonds. The first-order valence-corrected chi connectivity index (χ1v) is 16.2. The Morgan fingerprint density at radius 2 is 1.53 bits per heavy atom. The van der Waals surface area contributed by atoms with Gasteiger partial charge in [0.15, 0.2) is 0 Å². The Labute approximate surface area is 264 Å². The number of hydrogen-bond donors (Lipinski definition) is 1. The predicted octanol–water partition coefficient (Wildman–Crippen LogP) is 5.50. The number of carbonyl (C=O) groups excluding carboxylic acids is 2. The van der Waals surface area contributed by atoms with E-state index in [9.17, 15) is 22.4 Å². The van der Waals surface area contributed by atoms with Crippen LogP contribution in [0.15, 0.2) is 108 Å². The summed E-state index contributed by atoms with van der Waals surface area (Å²) in [6, 6.07) is 26.8. The molecule has 0 spiro atoms. The molecule has 4 rings (SSSR count). The van der Waals surface area contributed by atoms with Crippen LogP contribution in [0.4, 0.5) is 10.1 Å². The zero-order valence-electron chi connectivity index (χ0n) is 25.6. The summed E-state index contributed by atoms with van der Waals surface area (Å²) in [6.07, 6.45) is 0.814. The van der Waals surface area contributed by atoms with Crippen molar-refractivity contribution in [2.75, 3.05) is 24.5 Å². The highest BCUT2D eigenvalue weighted by atomic mass is 32.2. The van der Waals surface area contributed by atoms with Crippen molar-refractivity contribution in [1.82, 2.24) is 10.2 Å². The highest BCUT2D eigenvalue weighted by Gasteiger charge is 2.35. The molecule has 0 aliphatic heterocycles. The van der Waals surface area contributed by atoms with Crippen molar-refractivity contribution in [3.8, 4) is 5.75 Å². The molecule has 0 radical (unpaired) electrons. The number of halogens is 1. The first kappa shape index (κ1) is 33.2. The molecular formula is C35H38FN3O5S. The van der Waals surface area contributed by atoms with E-state index in [4.69, 9.17) is 4.74 Å². The molecule has 4 aromatic rings. The maximum Gasteiger partial charge on any atom is 0.264 e. The van der Waals surface area contributed by atoms with Gasteiger partial charge < -0.3 is 15.0 Å². The molecule has 236 valence electrons. The molecule has 0 aliphatic carbocycles. The van der Waals surface area contributed by atoms with E-state index in [2.05, 4.69) is 5.32 Å². The molecule has 10 heteroatoms. The van der Waals surface area contributed by atoms with Gasteiger partial charge in [-0.15, -0.1) is 0 Å². The molecule has 0 aromatic heterocycles. The average Bonchev–Trinajstić information content (AvgIpc) is 3.05. The van der Waals surface area contributed by atoms with Gasteiger partial charge in [0.05, 0.1) is 17.7 Å². The van der Waals surface area contributed by atoms with Crippen molar-refractivity contribution < 1.29 is 27.1 Å². The quantitative estimate of drug-likeness (QED) is 0.198. The van der Waals surface area contributed by atoms with Crippen molar-refractivity contribution in [3.63, 3.8) is 0 Å². The van der Waals surface area contributed by atoms with Gasteiger partial charge in [-0.1, -0.05) is 73.2 Å². The zero-order chi connectivity index (χ0) is 32.4. The monoisotopic (exact) mass is 631 g/mol. The first-order chi connectivity index (χ1) is 21.6. The number of benzene rings is 4. The number of rotatable bonds is 14. The fourth-order valence-corrected chi connectivity index (χ4v) is 6.26. The minimum absolute atomic E-state index is 0.00102. The molecule has 0 fully saturated rings. The number of anilines is 1. The number of hydrogen-bond acceptors (Lipinski definition) is 5. The molecule has 0 saturated heterocycles. The Kier molecular flexibility index (Phi) is 11.3. The second-order valence-corrected chi connectivity index (χ2v) is 12.5. The van der Waals surface area contributed by atoms with Gasteiger partial charge in [-0.3, -0.25) is 13.9 Å². The van der Waals surface area contributed by atoms with E-state index in [1.807, 2.05) is 44.2 Å². The fourth-order valence-electron chi connectivity index (χ4n) is 4.84. The van der Waals surface area contributed by atoms with Crippen LogP contribution in [-0.4, -0.2) is 51.4 Å². The number of ether oxygens (including phenoxy) is 1. The number of aryl methyl sites for hydroxylation is 1. The Morgan fingerprint density at radius 3 is 2.16 bits per heavy atom. The molecule has 1 N–H and O–H groups in total. The molecule has 0 saturated carbocycles. The number of nitrogens with one attached hydrogen (secondary N) is 1. The third kappa shape index (κ3) is 8.48. The predicted molar refractivity (Wildman–Crippen MR) is 173 cm³/mol. The van der Waals surface area contributed by atoms with Crippen LogP contribution in [0.25, 0.3) is 0 Å². The smallest absolute Gasteiger partial charge is 0.264 e. The lowest BCUT2D eigenvalue weighted by Crippen LogP contribution is -2.53. The minimum Gasteiger partial charge on any atom is -0.497 e. The molecule has 0 bridgehead atoms. The molecule has 0 heterocycles. The van der Waals surface area contributed by atoms with Gasteiger partial charge in [-0.2, -0.15) is 0 Å². The van der Waals surface area contributed by atoms with Gasteiger partial charge in [0.1, 0.15) is 24.2 Å². The lowest BCUT2D eigenvalue weighted by Gasteiger charge is -2.34. The van der Waals surface area contributed by atoms with Gasteiger partial charge >= 0.3 is 0 Å². The van der Waals surface area contributed by atoms with Crippen LogP contribution < -0.4 is 14.4 Å². The summed E-state index contributed by atoms with van der Waals surface area (Å²) >= 11 is 0. The summed E-state index contributed by atoms with van der Waals surface area (Å²) in [5, 5.41) is 2.88. The van der Waals surface area contributed by atoms with Gasteiger partial charge in [-0.25, -0.2) is 12.8 Å². The van der Waals surface area contributed by atoms with E-state index in [1.54, 1.807) is 54.6 Å². The van der Waals surface area contributed by atoms with Gasteiger partial charge in [0.2, 0.25) is 11.8 Å².